The number of methoxy groups -OCH3 is 1. The fourth-order valence-corrected chi connectivity index (χ4v) is 3.18. The Labute approximate surface area is 120 Å². The van der Waals surface area contributed by atoms with Crippen LogP contribution in [0.4, 0.5) is 0 Å². The van der Waals surface area contributed by atoms with E-state index in [1.165, 1.54) is 39.2 Å². The predicted molar refractivity (Wildman–Crippen MR) is 74.1 cm³/mol. The quantitative estimate of drug-likeness (QED) is 0.738. The molecule has 2 rings (SSSR count). The van der Waals surface area contributed by atoms with E-state index >= 15 is 0 Å². The minimum atomic E-state index is -0.562. The zero-order valence-electron chi connectivity index (χ0n) is 12.3. The molecular weight excluding hydrogens is 258 g/mol. The van der Waals surface area contributed by atoms with Crippen LogP contribution < -0.4 is 0 Å². The van der Waals surface area contributed by atoms with Crippen molar-refractivity contribution in [3.05, 3.63) is 0 Å². The molecule has 1 saturated carbocycles. The Morgan fingerprint density at radius 2 is 2.00 bits per heavy atom. The third-order valence-corrected chi connectivity index (χ3v) is 4.41. The van der Waals surface area contributed by atoms with Crippen LogP contribution in [0.1, 0.15) is 44.9 Å². The van der Waals surface area contributed by atoms with Gasteiger partial charge in [0.1, 0.15) is 0 Å². The summed E-state index contributed by atoms with van der Waals surface area (Å²) in [5.74, 6) is 0.371. The lowest BCUT2D eigenvalue weighted by molar-refractivity contribution is -0.160. The van der Waals surface area contributed by atoms with Gasteiger partial charge in [0.05, 0.1) is 20.3 Å². The fourth-order valence-electron chi connectivity index (χ4n) is 3.18. The van der Waals surface area contributed by atoms with Crippen LogP contribution in [0.2, 0.25) is 0 Å². The number of amides is 1. The summed E-state index contributed by atoms with van der Waals surface area (Å²) in [6.45, 7) is 1.24. The van der Waals surface area contributed by atoms with Crippen LogP contribution in [-0.2, 0) is 19.1 Å². The summed E-state index contributed by atoms with van der Waals surface area (Å²) in [5, 5.41) is 0. The predicted octanol–water partition coefficient (Wildman–Crippen LogP) is 1.75. The third kappa shape index (κ3) is 3.95. The molecule has 1 saturated heterocycles. The highest BCUT2D eigenvalue weighted by Gasteiger charge is 2.33. The second kappa shape index (κ2) is 7.62. The Morgan fingerprint density at radius 1 is 1.25 bits per heavy atom. The van der Waals surface area contributed by atoms with Crippen molar-refractivity contribution in [1.82, 2.24) is 4.90 Å². The average Bonchev–Trinajstić information content (AvgIpc) is 2.52. The molecule has 1 atom stereocenters. The average molecular weight is 283 g/mol. The molecule has 0 aromatic heterocycles. The Balaban J connectivity index is 1.83. The molecule has 1 unspecified atom stereocenters. The number of hydrogen-bond acceptors (Lipinski definition) is 4. The number of morpholine rings is 1. The van der Waals surface area contributed by atoms with Gasteiger partial charge >= 0.3 is 5.97 Å². The van der Waals surface area contributed by atoms with Crippen molar-refractivity contribution in [2.45, 2.75) is 51.0 Å². The molecule has 5 nitrogen and oxygen atoms in total. The molecule has 1 aliphatic heterocycles. The Bertz CT molecular complexity index is 339. The molecule has 0 spiro atoms. The maximum Gasteiger partial charge on any atom is 0.331 e. The molecule has 0 bridgehead atoms. The number of rotatable bonds is 4. The summed E-state index contributed by atoms with van der Waals surface area (Å²) in [6, 6.07) is -0.562. The molecule has 0 aromatic carbocycles. The van der Waals surface area contributed by atoms with Gasteiger partial charge in [-0.3, -0.25) is 4.79 Å². The van der Waals surface area contributed by atoms with Gasteiger partial charge in [0.15, 0.2) is 6.04 Å². The van der Waals surface area contributed by atoms with E-state index in [1.807, 2.05) is 0 Å². The van der Waals surface area contributed by atoms with Gasteiger partial charge in [-0.15, -0.1) is 0 Å². The first-order valence-corrected chi connectivity index (χ1v) is 7.67. The Morgan fingerprint density at radius 3 is 2.70 bits per heavy atom. The third-order valence-electron chi connectivity index (χ3n) is 4.41. The second-order valence-corrected chi connectivity index (χ2v) is 5.74. The van der Waals surface area contributed by atoms with Gasteiger partial charge in [-0.05, 0) is 12.3 Å². The summed E-state index contributed by atoms with van der Waals surface area (Å²) < 4.78 is 10.0. The van der Waals surface area contributed by atoms with Gasteiger partial charge in [-0.25, -0.2) is 4.79 Å². The summed E-state index contributed by atoms with van der Waals surface area (Å²) in [6.07, 6.45) is 7.90. The van der Waals surface area contributed by atoms with E-state index in [0.717, 1.165) is 6.42 Å². The van der Waals surface area contributed by atoms with Crippen molar-refractivity contribution in [2.75, 3.05) is 26.9 Å². The first kappa shape index (κ1) is 15.3. The number of hydrogen-bond donors (Lipinski definition) is 0. The van der Waals surface area contributed by atoms with Gasteiger partial charge in [-0.1, -0.05) is 32.1 Å². The number of nitrogens with zero attached hydrogens (tertiary/aromatic N) is 1. The molecule has 5 heteroatoms. The zero-order valence-corrected chi connectivity index (χ0v) is 12.3. The van der Waals surface area contributed by atoms with Gasteiger partial charge in [-0.2, -0.15) is 0 Å². The van der Waals surface area contributed by atoms with Gasteiger partial charge in [0, 0.05) is 13.0 Å². The molecule has 2 fully saturated rings. The number of esters is 1. The van der Waals surface area contributed by atoms with Crippen LogP contribution in [0.25, 0.3) is 0 Å². The first-order valence-electron chi connectivity index (χ1n) is 7.67. The van der Waals surface area contributed by atoms with Crippen molar-refractivity contribution in [1.29, 1.82) is 0 Å². The molecule has 20 heavy (non-hydrogen) atoms. The summed E-state index contributed by atoms with van der Waals surface area (Å²) >= 11 is 0. The lowest BCUT2D eigenvalue weighted by Crippen LogP contribution is -2.53. The molecule has 1 amide bonds. The van der Waals surface area contributed by atoms with Crippen LogP contribution in [0.5, 0.6) is 0 Å². The lowest BCUT2D eigenvalue weighted by Gasteiger charge is -2.34. The standard InChI is InChI=1S/C15H25NO4/c1-19-15(18)13-11-20-10-9-16(13)14(17)8-7-12-5-3-2-4-6-12/h12-13H,2-11H2,1H3. The van der Waals surface area contributed by atoms with Crippen molar-refractivity contribution < 1.29 is 19.1 Å². The van der Waals surface area contributed by atoms with Crippen LogP contribution in [-0.4, -0.2) is 49.7 Å². The normalized spacial score (nSPS) is 24.4. The molecule has 0 radical (unpaired) electrons. The van der Waals surface area contributed by atoms with E-state index in [9.17, 15) is 9.59 Å². The van der Waals surface area contributed by atoms with E-state index in [-0.39, 0.29) is 18.5 Å². The molecule has 0 aromatic rings. The Kier molecular flexibility index (Phi) is 5.83. The highest BCUT2D eigenvalue weighted by atomic mass is 16.5. The van der Waals surface area contributed by atoms with E-state index in [0.29, 0.717) is 25.5 Å². The minimum Gasteiger partial charge on any atom is -0.467 e. The highest BCUT2D eigenvalue weighted by molar-refractivity contribution is 5.84. The van der Waals surface area contributed by atoms with E-state index in [1.54, 1.807) is 4.90 Å². The molecule has 1 aliphatic carbocycles. The number of carbonyl (C=O) groups excluding carboxylic acids is 2. The summed E-state index contributed by atoms with van der Waals surface area (Å²) in [5.41, 5.74) is 0. The topological polar surface area (TPSA) is 55.8 Å². The highest BCUT2D eigenvalue weighted by Crippen LogP contribution is 2.27. The Hall–Kier alpha value is -1.10. The smallest absolute Gasteiger partial charge is 0.331 e. The van der Waals surface area contributed by atoms with Crippen LogP contribution in [0.15, 0.2) is 0 Å². The van der Waals surface area contributed by atoms with E-state index < -0.39 is 6.04 Å². The molecule has 1 heterocycles. The minimum absolute atomic E-state index is 0.0641. The van der Waals surface area contributed by atoms with Crippen molar-refractivity contribution in [3.8, 4) is 0 Å². The molecule has 2 aliphatic rings. The molecule has 0 N–H and O–H groups in total. The van der Waals surface area contributed by atoms with E-state index in [4.69, 9.17) is 9.47 Å². The maximum absolute atomic E-state index is 12.3. The lowest BCUT2D eigenvalue weighted by atomic mass is 9.86. The van der Waals surface area contributed by atoms with Crippen molar-refractivity contribution in [2.24, 2.45) is 5.92 Å². The molecular formula is C15H25NO4. The fraction of sp³-hybridized carbons (Fsp3) is 0.867. The SMILES string of the molecule is COC(=O)C1COCCN1C(=O)CCC1CCCCC1. The second-order valence-electron chi connectivity index (χ2n) is 5.74. The summed E-state index contributed by atoms with van der Waals surface area (Å²) in [4.78, 5) is 25.7. The summed E-state index contributed by atoms with van der Waals surface area (Å²) in [7, 11) is 1.35. The van der Waals surface area contributed by atoms with Gasteiger partial charge < -0.3 is 14.4 Å². The van der Waals surface area contributed by atoms with Crippen molar-refractivity contribution in [3.63, 3.8) is 0 Å². The number of carbonyl (C=O) groups is 2. The zero-order chi connectivity index (χ0) is 14.4. The number of ether oxygens (including phenoxy) is 2. The molecule has 114 valence electrons. The maximum atomic E-state index is 12.3. The largest absolute Gasteiger partial charge is 0.467 e. The van der Waals surface area contributed by atoms with E-state index in [2.05, 4.69) is 0 Å². The van der Waals surface area contributed by atoms with Gasteiger partial charge in [0.2, 0.25) is 5.91 Å². The van der Waals surface area contributed by atoms with Crippen LogP contribution in [0.3, 0.4) is 0 Å². The van der Waals surface area contributed by atoms with Crippen LogP contribution in [0, 0.1) is 5.92 Å². The van der Waals surface area contributed by atoms with Crippen LogP contribution >= 0.6 is 0 Å². The monoisotopic (exact) mass is 283 g/mol. The first-order chi connectivity index (χ1) is 9.72. The van der Waals surface area contributed by atoms with Crippen molar-refractivity contribution >= 4 is 11.9 Å². The van der Waals surface area contributed by atoms with Gasteiger partial charge in [0.25, 0.3) is 0 Å².